The van der Waals surface area contributed by atoms with Crippen molar-refractivity contribution >= 4 is 5.78 Å². The summed E-state index contributed by atoms with van der Waals surface area (Å²) in [5.74, 6) is 1.52. The van der Waals surface area contributed by atoms with Gasteiger partial charge in [-0.2, -0.15) is 0 Å². The Morgan fingerprint density at radius 1 is 1.15 bits per heavy atom. The minimum atomic E-state index is -0.972. The van der Waals surface area contributed by atoms with Gasteiger partial charge in [0.05, 0.1) is 5.60 Å². The lowest BCUT2D eigenvalue weighted by atomic mass is 9.42. The number of aliphatic hydroxyl groups is 2. The lowest BCUT2D eigenvalue weighted by Crippen LogP contribution is -2.75. The number of allylic oxidation sites excluding steroid dienone is 1. The van der Waals surface area contributed by atoms with Gasteiger partial charge in [-0.1, -0.05) is 47.1 Å². The smallest absolute Gasteiger partial charge is 0.162 e. The van der Waals surface area contributed by atoms with Gasteiger partial charge in [-0.15, -0.1) is 0 Å². The molecule has 2 N–H and O–H groups in total. The van der Waals surface area contributed by atoms with Crippen molar-refractivity contribution in [1.29, 1.82) is 0 Å². The van der Waals surface area contributed by atoms with E-state index < -0.39 is 28.3 Å². The Morgan fingerprint density at radius 3 is 2.47 bits per heavy atom. The van der Waals surface area contributed by atoms with E-state index in [9.17, 15) is 15.0 Å². The Kier molecular flexibility index (Phi) is 5.59. The largest absolute Gasteiger partial charge is 0.390 e. The van der Waals surface area contributed by atoms with Gasteiger partial charge in [-0.3, -0.25) is 4.79 Å². The van der Waals surface area contributed by atoms with Crippen LogP contribution in [0.5, 0.6) is 0 Å². The highest BCUT2D eigenvalue weighted by atomic mass is 17.2. The zero-order chi connectivity index (χ0) is 24.9. The fourth-order valence-corrected chi connectivity index (χ4v) is 9.35. The van der Waals surface area contributed by atoms with Crippen LogP contribution in [0, 0.1) is 40.4 Å². The summed E-state index contributed by atoms with van der Waals surface area (Å²) in [6.45, 7) is 15.0. The molecular formula is C29H46O5. The molecule has 2 aliphatic heterocycles. The van der Waals surface area contributed by atoms with Crippen molar-refractivity contribution in [2.24, 2.45) is 40.4 Å². The second-order valence-corrected chi connectivity index (χ2v) is 13.8. The molecule has 6 rings (SSSR count). The molecule has 0 aromatic rings. The number of hydrogen-bond acceptors (Lipinski definition) is 5. The van der Waals surface area contributed by atoms with Gasteiger partial charge in [0.25, 0.3) is 0 Å². The SMILES string of the molecule is C[C@H](CC[C@H](C)C(C)(C)O)[C@H]1CC[C@@H]2[C@]1(C)CC=C1[C@]23CC[C@@]2(OO3)[C@H](C)[C@@H](O)C(=O)C[C@]12C. The quantitative estimate of drug-likeness (QED) is 0.413. The number of ketones is 1. The standard InChI is InChI=1S/C29H46O5/c1-17(8-9-18(2)25(4,5)32)20-10-11-22-26(20,6)13-12-23-27(7)16-21(30)24(31)19(3)29(27)15-14-28(22,23)33-34-29/h12,17-20,22,24,31-32H,8-11,13-16H2,1-7H3/t17-,18+,19-,20-,22-,24-,26-,27-,28+,29-/m1/s1. The van der Waals surface area contributed by atoms with E-state index in [1.54, 1.807) is 0 Å². The number of aliphatic hydroxyl groups excluding tert-OH is 1. The number of hydrogen-bond donors (Lipinski definition) is 2. The van der Waals surface area contributed by atoms with Crippen LogP contribution >= 0.6 is 0 Å². The molecule has 0 aromatic carbocycles. The maximum absolute atomic E-state index is 12.8. The molecule has 0 amide bonds. The molecule has 34 heavy (non-hydrogen) atoms. The summed E-state index contributed by atoms with van der Waals surface area (Å²) in [5, 5.41) is 21.0. The Bertz CT molecular complexity index is 877. The Morgan fingerprint density at radius 2 is 1.85 bits per heavy atom. The molecule has 4 aliphatic carbocycles. The van der Waals surface area contributed by atoms with Gasteiger partial charge in [0.2, 0.25) is 0 Å². The molecule has 0 unspecified atom stereocenters. The van der Waals surface area contributed by atoms with Gasteiger partial charge in [0.15, 0.2) is 5.78 Å². The lowest BCUT2D eigenvalue weighted by molar-refractivity contribution is -0.500. The highest BCUT2D eigenvalue weighted by Gasteiger charge is 2.76. The van der Waals surface area contributed by atoms with Crippen LogP contribution in [-0.2, 0) is 14.6 Å². The van der Waals surface area contributed by atoms with Gasteiger partial charge in [-0.05, 0) is 81.1 Å². The third-order valence-corrected chi connectivity index (χ3v) is 11.9. The molecule has 5 fully saturated rings. The third-order valence-electron chi connectivity index (χ3n) is 11.9. The predicted molar refractivity (Wildman–Crippen MR) is 131 cm³/mol. The van der Waals surface area contributed by atoms with Crippen molar-refractivity contribution < 1.29 is 24.8 Å². The highest BCUT2D eigenvalue weighted by molar-refractivity contribution is 5.86. The molecule has 0 radical (unpaired) electrons. The lowest BCUT2D eigenvalue weighted by Gasteiger charge is -2.70. The van der Waals surface area contributed by atoms with Gasteiger partial charge >= 0.3 is 0 Å². The first-order chi connectivity index (χ1) is 15.7. The molecule has 6 aliphatic rings. The van der Waals surface area contributed by atoms with Gasteiger partial charge < -0.3 is 10.2 Å². The highest BCUT2D eigenvalue weighted by Crippen LogP contribution is 2.73. The van der Waals surface area contributed by atoms with Gasteiger partial charge in [0.1, 0.15) is 17.3 Å². The van der Waals surface area contributed by atoms with Crippen LogP contribution in [0.1, 0.15) is 99.8 Å². The minimum absolute atomic E-state index is 0.0555. The Hall–Kier alpha value is -0.750. The van der Waals surface area contributed by atoms with Crippen molar-refractivity contribution in [2.75, 3.05) is 0 Å². The first kappa shape index (κ1) is 24.9. The molecule has 5 heteroatoms. The van der Waals surface area contributed by atoms with E-state index in [1.807, 2.05) is 20.8 Å². The van der Waals surface area contributed by atoms with E-state index >= 15 is 0 Å². The van der Waals surface area contributed by atoms with E-state index in [0.717, 1.165) is 38.5 Å². The minimum Gasteiger partial charge on any atom is -0.390 e. The topological polar surface area (TPSA) is 76.0 Å². The molecule has 2 bridgehead atoms. The van der Waals surface area contributed by atoms with Crippen LogP contribution in [0.25, 0.3) is 0 Å². The van der Waals surface area contributed by atoms with Crippen LogP contribution < -0.4 is 0 Å². The van der Waals surface area contributed by atoms with E-state index in [4.69, 9.17) is 9.78 Å². The molecule has 2 saturated heterocycles. The zero-order valence-corrected chi connectivity index (χ0v) is 22.3. The monoisotopic (exact) mass is 474 g/mol. The van der Waals surface area contributed by atoms with E-state index in [1.165, 1.54) is 12.0 Å². The number of carbonyl (C=O) groups is 1. The van der Waals surface area contributed by atoms with Gasteiger partial charge in [-0.25, -0.2) is 9.78 Å². The normalized spacial score (nSPS) is 49.7. The maximum Gasteiger partial charge on any atom is 0.162 e. The third kappa shape index (κ3) is 3.02. The molecule has 2 spiro atoms. The Labute approximate surface area is 205 Å². The van der Waals surface area contributed by atoms with Crippen molar-refractivity contribution in [3.63, 3.8) is 0 Å². The van der Waals surface area contributed by atoms with E-state index in [0.29, 0.717) is 24.2 Å². The maximum atomic E-state index is 12.8. The first-order valence-corrected chi connectivity index (χ1v) is 13.7. The first-order valence-electron chi connectivity index (χ1n) is 13.7. The molecule has 3 saturated carbocycles. The molecule has 192 valence electrons. The second-order valence-electron chi connectivity index (χ2n) is 13.8. The van der Waals surface area contributed by atoms with E-state index in [2.05, 4.69) is 33.8 Å². The average Bonchev–Trinajstić information content (AvgIpc) is 3.13. The molecule has 10 atom stereocenters. The van der Waals surface area contributed by atoms with Crippen molar-refractivity contribution in [2.45, 2.75) is 123 Å². The molecule has 2 heterocycles. The number of carbonyl (C=O) groups excluding carboxylic acids is 1. The van der Waals surface area contributed by atoms with Gasteiger partial charge in [0, 0.05) is 23.7 Å². The van der Waals surface area contributed by atoms with Crippen LogP contribution in [-0.4, -0.2) is 38.9 Å². The summed E-state index contributed by atoms with van der Waals surface area (Å²) in [6.07, 6.45) is 9.05. The summed E-state index contributed by atoms with van der Waals surface area (Å²) in [4.78, 5) is 25.7. The second kappa shape index (κ2) is 7.63. The van der Waals surface area contributed by atoms with Crippen molar-refractivity contribution in [1.82, 2.24) is 0 Å². The number of fused-ring (bicyclic) bond motifs is 3. The van der Waals surface area contributed by atoms with Crippen LogP contribution in [0.4, 0.5) is 0 Å². The average molecular weight is 475 g/mol. The number of rotatable bonds is 5. The van der Waals surface area contributed by atoms with Crippen molar-refractivity contribution in [3.05, 3.63) is 11.6 Å². The summed E-state index contributed by atoms with van der Waals surface area (Å²) in [7, 11) is 0. The molecule has 0 aromatic heterocycles. The summed E-state index contributed by atoms with van der Waals surface area (Å²) in [5.41, 5.74) is -0.686. The van der Waals surface area contributed by atoms with Crippen LogP contribution in [0.2, 0.25) is 0 Å². The number of Topliss-reactive ketones (excluding diaryl/α,β-unsaturated/α-hetero) is 1. The van der Waals surface area contributed by atoms with Crippen molar-refractivity contribution in [3.8, 4) is 0 Å². The summed E-state index contributed by atoms with van der Waals surface area (Å²) >= 11 is 0. The predicted octanol–water partition coefficient (Wildman–Crippen LogP) is 5.38. The van der Waals surface area contributed by atoms with E-state index in [-0.39, 0.29) is 23.0 Å². The summed E-state index contributed by atoms with van der Waals surface area (Å²) < 4.78 is 0. The zero-order valence-electron chi connectivity index (χ0n) is 22.3. The van der Waals surface area contributed by atoms with Crippen LogP contribution in [0.3, 0.4) is 0 Å². The fraction of sp³-hybridized carbons (Fsp3) is 0.897. The molecule has 5 nitrogen and oxygen atoms in total. The Balaban J connectivity index is 1.45. The fourth-order valence-electron chi connectivity index (χ4n) is 9.35. The molecular weight excluding hydrogens is 428 g/mol. The van der Waals surface area contributed by atoms with Crippen LogP contribution in [0.15, 0.2) is 11.6 Å². The summed E-state index contributed by atoms with van der Waals surface area (Å²) in [6, 6.07) is 0.